The van der Waals surface area contributed by atoms with E-state index in [4.69, 9.17) is 0 Å². The lowest BCUT2D eigenvalue weighted by atomic mass is 9.70. The average Bonchev–Trinajstić information content (AvgIpc) is 3.16. The minimum Gasteiger partial charge on any atom is -0.309 e. The molecule has 0 unspecified atom stereocenters. The number of nitrogens with one attached hydrogen (secondary N) is 2. The Kier molecular flexibility index (Phi) is 4.56. The fraction of sp³-hybridized carbons (Fsp3) is 0.208. The molecule has 1 saturated carbocycles. The van der Waals surface area contributed by atoms with E-state index in [-0.39, 0.29) is 5.91 Å². The van der Waals surface area contributed by atoms with Crippen LogP contribution in [0, 0.1) is 0 Å². The third kappa shape index (κ3) is 3.63. The normalized spacial score (nSPS) is 18.3. The molecule has 2 aromatic heterocycles. The van der Waals surface area contributed by atoms with Crippen molar-refractivity contribution in [3.63, 3.8) is 0 Å². The Hall–Kier alpha value is -3.47. The molecule has 0 spiro atoms. The van der Waals surface area contributed by atoms with E-state index in [1.807, 2.05) is 48.8 Å². The second-order valence-electron chi connectivity index (χ2n) is 7.72. The molecule has 0 radical (unpaired) electrons. The molecular formula is C24H22N4O. The van der Waals surface area contributed by atoms with Gasteiger partial charge in [-0.3, -0.25) is 14.9 Å². The van der Waals surface area contributed by atoms with E-state index in [2.05, 4.69) is 44.8 Å². The first-order valence-corrected chi connectivity index (χ1v) is 9.98. The van der Waals surface area contributed by atoms with Gasteiger partial charge in [0, 0.05) is 30.1 Å². The number of carbonyl (C=O) groups excluding carboxylic acids is 1. The summed E-state index contributed by atoms with van der Waals surface area (Å²) in [5.41, 5.74) is 3.41. The van der Waals surface area contributed by atoms with Gasteiger partial charge in [-0.1, -0.05) is 48.5 Å². The van der Waals surface area contributed by atoms with Gasteiger partial charge < -0.3 is 5.32 Å². The fourth-order valence-electron chi connectivity index (χ4n) is 4.18. The minimum absolute atomic E-state index is 0.0544. The van der Waals surface area contributed by atoms with Crippen LogP contribution in [0.1, 0.15) is 41.5 Å². The Morgan fingerprint density at radius 2 is 1.90 bits per heavy atom. The molecule has 0 aliphatic heterocycles. The van der Waals surface area contributed by atoms with Gasteiger partial charge in [-0.15, -0.1) is 0 Å². The van der Waals surface area contributed by atoms with E-state index in [9.17, 15) is 4.79 Å². The summed E-state index contributed by atoms with van der Waals surface area (Å²) in [4.78, 5) is 16.8. The van der Waals surface area contributed by atoms with Crippen molar-refractivity contribution in [2.45, 2.75) is 31.1 Å². The van der Waals surface area contributed by atoms with E-state index in [0.717, 1.165) is 34.9 Å². The Labute approximate surface area is 169 Å². The predicted octanol–water partition coefficient (Wildman–Crippen LogP) is 4.80. The number of pyridine rings is 1. The van der Waals surface area contributed by atoms with E-state index in [1.165, 1.54) is 5.56 Å². The van der Waals surface area contributed by atoms with Crippen molar-refractivity contribution in [3.8, 4) is 0 Å². The number of carbonyl (C=O) groups is 1. The average molecular weight is 382 g/mol. The highest BCUT2D eigenvalue weighted by Crippen LogP contribution is 2.47. The first-order chi connectivity index (χ1) is 14.3. The molecule has 2 N–H and O–H groups in total. The quantitative estimate of drug-likeness (QED) is 0.521. The van der Waals surface area contributed by atoms with Crippen molar-refractivity contribution < 1.29 is 4.79 Å². The van der Waals surface area contributed by atoms with Crippen LogP contribution in [-0.4, -0.2) is 21.1 Å². The zero-order valence-corrected chi connectivity index (χ0v) is 16.0. The Bertz CT molecular complexity index is 1140. The zero-order valence-electron chi connectivity index (χ0n) is 16.0. The molecule has 4 aromatic rings. The number of nitrogens with zero attached hydrogens (tertiary/aromatic N) is 2. The molecule has 5 heteroatoms. The maximum Gasteiger partial charge on any atom is 0.230 e. The molecule has 144 valence electrons. The number of fused-ring (bicyclic) bond motifs is 1. The monoisotopic (exact) mass is 382 g/mol. The highest BCUT2D eigenvalue weighted by Gasteiger charge is 2.32. The lowest BCUT2D eigenvalue weighted by Crippen LogP contribution is -2.20. The number of amides is 1. The van der Waals surface area contributed by atoms with Crippen LogP contribution in [0.15, 0.2) is 73.1 Å². The summed E-state index contributed by atoms with van der Waals surface area (Å²) in [5, 5.41) is 12.6. The first kappa shape index (κ1) is 17.6. The molecular weight excluding hydrogens is 360 g/mol. The molecule has 1 fully saturated rings. The summed E-state index contributed by atoms with van der Waals surface area (Å²) in [6.07, 6.45) is 6.25. The maximum atomic E-state index is 12.6. The zero-order chi connectivity index (χ0) is 19.6. The standard InChI is InChI=1S/C24H22N4O/c29-24(13-17-7-3-6-16-5-1-2-9-21(16)17)26-23-14-22(27-28-23)20-11-19(12-20)18-8-4-10-25-15-18/h1-10,14-15,19-20H,11-13H2,(H2,26,27,28,29). The smallest absolute Gasteiger partial charge is 0.230 e. The number of hydrogen-bond donors (Lipinski definition) is 2. The van der Waals surface area contributed by atoms with Gasteiger partial charge in [0.2, 0.25) is 5.91 Å². The van der Waals surface area contributed by atoms with E-state index < -0.39 is 0 Å². The lowest BCUT2D eigenvalue weighted by Gasteiger charge is -2.34. The second-order valence-corrected chi connectivity index (χ2v) is 7.72. The second kappa shape index (κ2) is 7.51. The molecule has 0 atom stereocenters. The molecule has 1 aliphatic rings. The summed E-state index contributed by atoms with van der Waals surface area (Å²) in [5.74, 6) is 1.55. The summed E-state index contributed by atoms with van der Waals surface area (Å²) in [6, 6.07) is 20.3. The van der Waals surface area contributed by atoms with Crippen molar-refractivity contribution in [3.05, 3.63) is 89.9 Å². The van der Waals surface area contributed by atoms with E-state index in [0.29, 0.717) is 24.1 Å². The number of H-pyrrole nitrogens is 1. The van der Waals surface area contributed by atoms with Crippen molar-refractivity contribution >= 4 is 22.5 Å². The van der Waals surface area contributed by atoms with Crippen LogP contribution >= 0.6 is 0 Å². The highest BCUT2D eigenvalue weighted by molar-refractivity contribution is 5.95. The Balaban J connectivity index is 1.21. The summed E-state index contributed by atoms with van der Waals surface area (Å²) in [6.45, 7) is 0. The first-order valence-electron chi connectivity index (χ1n) is 9.98. The Morgan fingerprint density at radius 3 is 2.76 bits per heavy atom. The minimum atomic E-state index is -0.0544. The van der Waals surface area contributed by atoms with Gasteiger partial charge in [-0.05, 0) is 46.7 Å². The van der Waals surface area contributed by atoms with E-state index in [1.54, 1.807) is 0 Å². The van der Waals surface area contributed by atoms with Crippen LogP contribution in [0.5, 0.6) is 0 Å². The van der Waals surface area contributed by atoms with Gasteiger partial charge in [-0.25, -0.2) is 0 Å². The van der Waals surface area contributed by atoms with Crippen LogP contribution < -0.4 is 5.32 Å². The summed E-state index contributed by atoms with van der Waals surface area (Å²) < 4.78 is 0. The predicted molar refractivity (Wildman–Crippen MR) is 114 cm³/mol. The van der Waals surface area contributed by atoms with E-state index >= 15 is 0 Å². The molecule has 1 aliphatic carbocycles. The van der Waals surface area contributed by atoms with Crippen molar-refractivity contribution in [2.75, 3.05) is 5.32 Å². The van der Waals surface area contributed by atoms with Gasteiger partial charge in [0.15, 0.2) is 5.82 Å². The number of hydrogen-bond acceptors (Lipinski definition) is 3. The van der Waals surface area contributed by atoms with Crippen LogP contribution in [0.4, 0.5) is 5.82 Å². The summed E-state index contributed by atoms with van der Waals surface area (Å²) >= 11 is 0. The molecule has 2 aromatic carbocycles. The number of aromatic nitrogens is 3. The van der Waals surface area contributed by atoms with Gasteiger partial charge in [0.25, 0.3) is 0 Å². The molecule has 5 rings (SSSR count). The molecule has 0 saturated heterocycles. The SMILES string of the molecule is O=C(Cc1cccc2ccccc12)Nc1cc(C2CC(c3cccnc3)C2)[nH]n1. The molecule has 5 nitrogen and oxygen atoms in total. The van der Waals surface area contributed by atoms with Gasteiger partial charge in [0.1, 0.15) is 0 Å². The van der Waals surface area contributed by atoms with Crippen molar-refractivity contribution in [2.24, 2.45) is 0 Å². The van der Waals surface area contributed by atoms with Gasteiger partial charge in [0.05, 0.1) is 6.42 Å². The van der Waals surface area contributed by atoms with Crippen molar-refractivity contribution in [1.29, 1.82) is 0 Å². The number of aromatic amines is 1. The topological polar surface area (TPSA) is 70.7 Å². The van der Waals surface area contributed by atoms with Crippen LogP contribution in [0.3, 0.4) is 0 Å². The molecule has 29 heavy (non-hydrogen) atoms. The molecule has 1 amide bonds. The summed E-state index contributed by atoms with van der Waals surface area (Å²) in [7, 11) is 0. The number of benzene rings is 2. The van der Waals surface area contributed by atoms with Crippen molar-refractivity contribution in [1.82, 2.24) is 15.2 Å². The number of rotatable bonds is 5. The number of anilines is 1. The van der Waals surface area contributed by atoms with Crippen LogP contribution in [0.25, 0.3) is 10.8 Å². The molecule has 0 bridgehead atoms. The van der Waals surface area contributed by atoms with Gasteiger partial charge in [-0.2, -0.15) is 5.10 Å². The van der Waals surface area contributed by atoms with Gasteiger partial charge >= 0.3 is 0 Å². The fourth-order valence-corrected chi connectivity index (χ4v) is 4.18. The maximum absolute atomic E-state index is 12.6. The van der Waals surface area contributed by atoms with Crippen LogP contribution in [-0.2, 0) is 11.2 Å². The third-order valence-corrected chi connectivity index (χ3v) is 5.83. The third-order valence-electron chi connectivity index (χ3n) is 5.83. The lowest BCUT2D eigenvalue weighted by molar-refractivity contribution is -0.115. The van der Waals surface area contributed by atoms with Crippen LogP contribution in [0.2, 0.25) is 0 Å². The Morgan fingerprint density at radius 1 is 1.03 bits per heavy atom. The molecule has 2 heterocycles. The largest absolute Gasteiger partial charge is 0.309 e. The highest BCUT2D eigenvalue weighted by atomic mass is 16.1.